The molecule has 0 aliphatic carbocycles. The zero-order valence-corrected chi connectivity index (χ0v) is 9.79. The largest absolute Gasteiger partial charge is 0.241 e. The predicted octanol–water partition coefficient (Wildman–Crippen LogP) is 2.22. The molecule has 2 heterocycles. The molecule has 0 bridgehead atoms. The van der Waals surface area contributed by atoms with Crippen molar-refractivity contribution in [3.63, 3.8) is 0 Å². The Morgan fingerprint density at radius 3 is 1.41 bits per heavy atom. The standard InChI is InChI=1S/C13H16N4/c1(2-6-12-14-8-4-9-15-12)3-7-13-16-10-5-11-17-13/h4-5,8-11H,1-3,6-7H2. The zero-order chi connectivity index (χ0) is 11.8. The average Bonchev–Trinajstić information content (AvgIpc) is 2.41. The molecule has 0 saturated heterocycles. The third-order valence-corrected chi connectivity index (χ3v) is 2.54. The number of hydrogen-bond acceptors (Lipinski definition) is 4. The molecule has 0 aliphatic rings. The van der Waals surface area contributed by atoms with Crippen molar-refractivity contribution in [3.8, 4) is 0 Å². The second-order valence-electron chi connectivity index (χ2n) is 3.89. The van der Waals surface area contributed by atoms with Gasteiger partial charge in [0.15, 0.2) is 0 Å². The van der Waals surface area contributed by atoms with Crippen LogP contribution in [0.4, 0.5) is 0 Å². The third-order valence-electron chi connectivity index (χ3n) is 2.54. The molecule has 2 rings (SSSR count). The maximum atomic E-state index is 4.20. The van der Waals surface area contributed by atoms with E-state index in [9.17, 15) is 0 Å². The van der Waals surface area contributed by atoms with Gasteiger partial charge in [0.25, 0.3) is 0 Å². The molecule has 2 aromatic rings. The van der Waals surface area contributed by atoms with Gasteiger partial charge in [-0.15, -0.1) is 0 Å². The van der Waals surface area contributed by atoms with Crippen molar-refractivity contribution in [2.75, 3.05) is 0 Å². The van der Waals surface area contributed by atoms with E-state index in [0.717, 1.165) is 43.8 Å². The molecule has 0 aromatic carbocycles. The zero-order valence-electron chi connectivity index (χ0n) is 9.79. The van der Waals surface area contributed by atoms with Crippen molar-refractivity contribution >= 4 is 0 Å². The highest BCUT2D eigenvalue weighted by Gasteiger charge is 1.97. The SMILES string of the molecule is c1cnc(CCCCCc2ncccn2)nc1. The van der Waals surface area contributed by atoms with Crippen LogP contribution < -0.4 is 0 Å². The number of hydrogen-bond donors (Lipinski definition) is 0. The van der Waals surface area contributed by atoms with Gasteiger partial charge in [0.2, 0.25) is 0 Å². The van der Waals surface area contributed by atoms with Gasteiger partial charge >= 0.3 is 0 Å². The van der Waals surface area contributed by atoms with Gasteiger partial charge in [0, 0.05) is 37.6 Å². The van der Waals surface area contributed by atoms with E-state index in [-0.39, 0.29) is 0 Å². The van der Waals surface area contributed by atoms with Gasteiger partial charge in [-0.05, 0) is 25.0 Å². The van der Waals surface area contributed by atoms with Gasteiger partial charge in [0.05, 0.1) is 0 Å². The number of nitrogens with zero attached hydrogens (tertiary/aromatic N) is 4. The summed E-state index contributed by atoms with van der Waals surface area (Å²) in [6.07, 6.45) is 12.5. The summed E-state index contributed by atoms with van der Waals surface area (Å²) in [6.45, 7) is 0. The Balaban J connectivity index is 1.61. The number of aromatic nitrogens is 4. The van der Waals surface area contributed by atoms with Crippen LogP contribution in [0.3, 0.4) is 0 Å². The molecule has 4 nitrogen and oxygen atoms in total. The van der Waals surface area contributed by atoms with Crippen molar-refractivity contribution in [3.05, 3.63) is 48.6 Å². The van der Waals surface area contributed by atoms with Crippen LogP contribution in [-0.4, -0.2) is 19.9 Å². The van der Waals surface area contributed by atoms with Crippen molar-refractivity contribution in [2.45, 2.75) is 32.1 Å². The Morgan fingerprint density at radius 2 is 1.00 bits per heavy atom. The number of unbranched alkanes of at least 4 members (excludes halogenated alkanes) is 2. The lowest BCUT2D eigenvalue weighted by Gasteiger charge is -2.00. The molecule has 0 unspecified atom stereocenters. The van der Waals surface area contributed by atoms with Crippen molar-refractivity contribution in [1.29, 1.82) is 0 Å². The predicted molar refractivity (Wildman–Crippen MR) is 65.3 cm³/mol. The Kier molecular flexibility index (Phi) is 4.57. The average molecular weight is 228 g/mol. The van der Waals surface area contributed by atoms with E-state index in [1.165, 1.54) is 0 Å². The highest BCUT2D eigenvalue weighted by Crippen LogP contribution is 2.04. The second kappa shape index (κ2) is 6.68. The highest BCUT2D eigenvalue weighted by atomic mass is 14.9. The summed E-state index contributed by atoms with van der Waals surface area (Å²) in [5, 5.41) is 0. The molecule has 0 aliphatic heterocycles. The molecule has 4 heteroatoms. The fourth-order valence-electron chi connectivity index (χ4n) is 1.66. The summed E-state index contributed by atoms with van der Waals surface area (Å²) in [5.74, 6) is 1.87. The lowest BCUT2D eigenvalue weighted by molar-refractivity contribution is 0.648. The Morgan fingerprint density at radius 1 is 0.588 bits per heavy atom. The molecule has 0 fully saturated rings. The van der Waals surface area contributed by atoms with Gasteiger partial charge in [-0.1, -0.05) is 6.42 Å². The van der Waals surface area contributed by atoms with E-state index >= 15 is 0 Å². The molecule has 88 valence electrons. The van der Waals surface area contributed by atoms with Crippen molar-refractivity contribution in [2.24, 2.45) is 0 Å². The fourth-order valence-corrected chi connectivity index (χ4v) is 1.66. The van der Waals surface area contributed by atoms with Crippen LogP contribution >= 0.6 is 0 Å². The molecule has 0 amide bonds. The first kappa shape index (κ1) is 11.6. The van der Waals surface area contributed by atoms with E-state index in [0.29, 0.717) is 0 Å². The first-order valence-corrected chi connectivity index (χ1v) is 5.97. The van der Waals surface area contributed by atoms with Gasteiger partial charge < -0.3 is 0 Å². The van der Waals surface area contributed by atoms with Crippen molar-refractivity contribution in [1.82, 2.24) is 19.9 Å². The number of rotatable bonds is 6. The first-order valence-electron chi connectivity index (χ1n) is 5.97. The van der Waals surface area contributed by atoms with Gasteiger partial charge in [-0.3, -0.25) is 0 Å². The van der Waals surface area contributed by atoms with E-state index < -0.39 is 0 Å². The van der Waals surface area contributed by atoms with Crippen LogP contribution in [0.15, 0.2) is 36.9 Å². The van der Waals surface area contributed by atoms with E-state index in [4.69, 9.17) is 0 Å². The maximum absolute atomic E-state index is 4.20. The minimum atomic E-state index is 0.934. The smallest absolute Gasteiger partial charge is 0.128 e. The summed E-state index contributed by atoms with van der Waals surface area (Å²) in [7, 11) is 0. The first-order chi connectivity index (χ1) is 8.45. The molecule has 0 saturated carbocycles. The molecule has 0 radical (unpaired) electrons. The Bertz CT molecular complexity index is 374. The summed E-state index contributed by atoms with van der Waals surface area (Å²) in [6, 6.07) is 3.69. The van der Waals surface area contributed by atoms with Crippen LogP contribution in [0.2, 0.25) is 0 Å². The summed E-state index contributed by atoms with van der Waals surface area (Å²) in [5.41, 5.74) is 0. The van der Waals surface area contributed by atoms with E-state index in [1.807, 2.05) is 12.1 Å². The lowest BCUT2D eigenvalue weighted by atomic mass is 10.1. The van der Waals surface area contributed by atoms with E-state index in [1.54, 1.807) is 24.8 Å². The van der Waals surface area contributed by atoms with E-state index in [2.05, 4.69) is 19.9 Å². The van der Waals surface area contributed by atoms with Gasteiger partial charge in [0.1, 0.15) is 11.6 Å². The topological polar surface area (TPSA) is 51.6 Å². The molecule has 0 spiro atoms. The minimum Gasteiger partial charge on any atom is -0.241 e. The lowest BCUT2D eigenvalue weighted by Crippen LogP contribution is -1.96. The number of aryl methyl sites for hydroxylation is 2. The Labute approximate surface area is 101 Å². The normalized spacial score (nSPS) is 10.4. The third kappa shape index (κ3) is 4.26. The second-order valence-corrected chi connectivity index (χ2v) is 3.89. The van der Waals surface area contributed by atoms with Gasteiger partial charge in [-0.25, -0.2) is 19.9 Å². The van der Waals surface area contributed by atoms with Crippen molar-refractivity contribution < 1.29 is 0 Å². The van der Waals surface area contributed by atoms with Crippen LogP contribution in [-0.2, 0) is 12.8 Å². The summed E-state index contributed by atoms with van der Waals surface area (Å²) >= 11 is 0. The molecule has 17 heavy (non-hydrogen) atoms. The highest BCUT2D eigenvalue weighted by molar-refractivity contribution is 4.89. The molecule has 2 aromatic heterocycles. The summed E-state index contributed by atoms with van der Waals surface area (Å²) in [4.78, 5) is 16.8. The molecular weight excluding hydrogens is 212 g/mol. The van der Waals surface area contributed by atoms with Crippen LogP contribution in [0, 0.1) is 0 Å². The monoisotopic (exact) mass is 228 g/mol. The van der Waals surface area contributed by atoms with Crippen LogP contribution in [0.1, 0.15) is 30.9 Å². The quantitative estimate of drug-likeness (QED) is 0.711. The molecular formula is C13H16N4. The Hall–Kier alpha value is -1.84. The van der Waals surface area contributed by atoms with Gasteiger partial charge in [-0.2, -0.15) is 0 Å². The van der Waals surface area contributed by atoms with Crippen LogP contribution in [0.5, 0.6) is 0 Å². The molecule has 0 N–H and O–H groups in total. The fraction of sp³-hybridized carbons (Fsp3) is 0.385. The molecule has 0 atom stereocenters. The maximum Gasteiger partial charge on any atom is 0.128 e. The van der Waals surface area contributed by atoms with Crippen LogP contribution in [0.25, 0.3) is 0 Å². The summed E-state index contributed by atoms with van der Waals surface area (Å²) < 4.78 is 0. The minimum absolute atomic E-state index is 0.934.